The Labute approximate surface area is 171 Å². The summed E-state index contributed by atoms with van der Waals surface area (Å²) in [5.74, 6) is 2.02. The molecule has 0 bridgehead atoms. The molecule has 0 spiro atoms. The summed E-state index contributed by atoms with van der Waals surface area (Å²) in [6.07, 6.45) is -0.271. The van der Waals surface area contributed by atoms with Gasteiger partial charge in [0.05, 0.1) is 20.3 Å². The van der Waals surface area contributed by atoms with Crippen LogP contribution in [0.15, 0.2) is 42.5 Å². The van der Waals surface area contributed by atoms with Crippen molar-refractivity contribution in [1.29, 1.82) is 0 Å². The number of nitrogens with one attached hydrogen (secondary N) is 3. The molecule has 1 heterocycles. The maximum Gasteiger partial charge on any atom is 0.252 e. The van der Waals surface area contributed by atoms with Gasteiger partial charge in [0, 0.05) is 17.5 Å². The zero-order valence-corrected chi connectivity index (χ0v) is 17.3. The smallest absolute Gasteiger partial charge is 0.252 e. The van der Waals surface area contributed by atoms with Crippen molar-refractivity contribution >= 4 is 5.91 Å². The Kier molecular flexibility index (Phi) is 6.95. The van der Waals surface area contributed by atoms with E-state index in [1.165, 1.54) is 0 Å². The first-order valence-electron chi connectivity index (χ1n) is 9.92. The Morgan fingerprint density at radius 2 is 1.69 bits per heavy atom. The molecule has 0 aliphatic carbocycles. The lowest BCUT2D eigenvalue weighted by molar-refractivity contribution is 0.0928. The molecule has 0 radical (unpaired) electrons. The van der Waals surface area contributed by atoms with Gasteiger partial charge in [-0.15, -0.1) is 0 Å². The largest absolute Gasteiger partial charge is 0.497 e. The lowest BCUT2D eigenvalue weighted by Crippen LogP contribution is -2.46. The standard InChI is InChI=1S/C22H29N3O4/c1-5-28-18-12-9-16(13-19(18)29-6-2)20-14(3)24-25-21(20)23-22(26)15-7-10-17(27-4)11-8-15/h7-14,20-21,24-25H,5-6H2,1-4H3,(H,23,26). The molecule has 7 nitrogen and oxygen atoms in total. The van der Waals surface area contributed by atoms with Gasteiger partial charge in [-0.2, -0.15) is 0 Å². The highest BCUT2D eigenvalue weighted by atomic mass is 16.5. The Morgan fingerprint density at radius 3 is 2.34 bits per heavy atom. The van der Waals surface area contributed by atoms with Crippen molar-refractivity contribution in [3.63, 3.8) is 0 Å². The van der Waals surface area contributed by atoms with Crippen molar-refractivity contribution in [3.05, 3.63) is 53.6 Å². The monoisotopic (exact) mass is 399 g/mol. The zero-order valence-electron chi connectivity index (χ0n) is 17.3. The average molecular weight is 399 g/mol. The van der Waals surface area contributed by atoms with Crippen LogP contribution in [0.3, 0.4) is 0 Å². The summed E-state index contributed by atoms with van der Waals surface area (Å²) in [6.45, 7) is 7.09. The van der Waals surface area contributed by atoms with Crippen LogP contribution in [0.25, 0.3) is 0 Å². The number of ether oxygens (including phenoxy) is 3. The van der Waals surface area contributed by atoms with Gasteiger partial charge in [0.15, 0.2) is 11.5 Å². The Hall–Kier alpha value is -2.77. The predicted molar refractivity (Wildman–Crippen MR) is 112 cm³/mol. The molecule has 3 rings (SSSR count). The molecule has 0 saturated carbocycles. The molecule has 1 aliphatic rings. The molecule has 2 aromatic rings. The van der Waals surface area contributed by atoms with Crippen LogP contribution in [0, 0.1) is 0 Å². The third kappa shape index (κ3) is 4.81. The van der Waals surface area contributed by atoms with Crippen LogP contribution in [0.1, 0.15) is 42.6 Å². The quantitative estimate of drug-likeness (QED) is 0.633. The molecular formula is C22H29N3O4. The maximum atomic E-state index is 12.7. The first kappa shape index (κ1) is 21.0. The summed E-state index contributed by atoms with van der Waals surface area (Å²) in [5, 5.41) is 3.08. The Bertz CT molecular complexity index is 825. The molecule has 156 valence electrons. The predicted octanol–water partition coefficient (Wildman–Crippen LogP) is 2.83. The van der Waals surface area contributed by atoms with Gasteiger partial charge in [-0.3, -0.25) is 10.2 Å². The minimum Gasteiger partial charge on any atom is -0.497 e. The van der Waals surface area contributed by atoms with Gasteiger partial charge in [-0.25, -0.2) is 5.43 Å². The van der Waals surface area contributed by atoms with E-state index in [2.05, 4.69) is 23.1 Å². The minimum atomic E-state index is -0.271. The molecule has 7 heteroatoms. The molecule has 29 heavy (non-hydrogen) atoms. The maximum absolute atomic E-state index is 12.7. The van der Waals surface area contributed by atoms with Gasteiger partial charge < -0.3 is 19.5 Å². The number of rotatable bonds is 8. The summed E-state index contributed by atoms with van der Waals surface area (Å²) < 4.78 is 16.6. The highest BCUT2D eigenvalue weighted by Gasteiger charge is 2.36. The van der Waals surface area contributed by atoms with E-state index in [9.17, 15) is 4.79 Å². The second kappa shape index (κ2) is 9.62. The molecular weight excluding hydrogens is 370 g/mol. The third-order valence-electron chi connectivity index (χ3n) is 4.96. The number of hydrogen-bond donors (Lipinski definition) is 3. The summed E-state index contributed by atoms with van der Waals surface area (Å²) in [4.78, 5) is 12.7. The van der Waals surface area contributed by atoms with Gasteiger partial charge in [0.2, 0.25) is 0 Å². The van der Waals surface area contributed by atoms with Crippen LogP contribution < -0.4 is 30.4 Å². The van der Waals surface area contributed by atoms with E-state index in [-0.39, 0.29) is 24.0 Å². The van der Waals surface area contributed by atoms with Crippen LogP contribution in [0.2, 0.25) is 0 Å². The first-order valence-corrected chi connectivity index (χ1v) is 9.92. The Morgan fingerprint density at radius 1 is 1.00 bits per heavy atom. The lowest BCUT2D eigenvalue weighted by Gasteiger charge is -2.23. The van der Waals surface area contributed by atoms with E-state index in [1.54, 1.807) is 31.4 Å². The summed E-state index contributed by atoms with van der Waals surface area (Å²) in [6, 6.07) is 13.1. The number of carbonyl (C=O) groups excluding carboxylic acids is 1. The van der Waals surface area contributed by atoms with Gasteiger partial charge in [0.1, 0.15) is 11.9 Å². The molecule has 0 aromatic heterocycles. The van der Waals surface area contributed by atoms with Crippen molar-refractivity contribution in [2.24, 2.45) is 0 Å². The second-order valence-corrected chi connectivity index (χ2v) is 6.85. The lowest BCUT2D eigenvalue weighted by atomic mass is 9.91. The van der Waals surface area contributed by atoms with Crippen molar-refractivity contribution < 1.29 is 19.0 Å². The van der Waals surface area contributed by atoms with Gasteiger partial charge >= 0.3 is 0 Å². The molecule has 3 atom stereocenters. The van der Waals surface area contributed by atoms with Crippen molar-refractivity contribution in [2.45, 2.75) is 38.9 Å². The number of benzene rings is 2. The van der Waals surface area contributed by atoms with Crippen LogP contribution in [-0.4, -0.2) is 38.4 Å². The zero-order chi connectivity index (χ0) is 20.8. The highest BCUT2D eigenvalue weighted by molar-refractivity contribution is 5.94. The van der Waals surface area contributed by atoms with Gasteiger partial charge in [-0.1, -0.05) is 6.07 Å². The normalized spacial score (nSPS) is 20.9. The Balaban J connectivity index is 1.80. The van der Waals surface area contributed by atoms with Crippen molar-refractivity contribution in [3.8, 4) is 17.2 Å². The van der Waals surface area contributed by atoms with Crippen LogP contribution in [-0.2, 0) is 0 Å². The summed E-state index contributed by atoms with van der Waals surface area (Å²) in [5.41, 5.74) is 8.05. The molecule has 3 unspecified atom stereocenters. The first-order chi connectivity index (χ1) is 14.1. The SMILES string of the molecule is CCOc1ccc(C2C(C)NNC2NC(=O)c2ccc(OC)cc2)cc1OCC. The molecule has 1 fully saturated rings. The van der Waals surface area contributed by atoms with E-state index in [0.29, 0.717) is 30.3 Å². The highest BCUT2D eigenvalue weighted by Crippen LogP contribution is 2.34. The minimum absolute atomic E-state index is 0.0204. The van der Waals surface area contributed by atoms with Crippen LogP contribution in [0.5, 0.6) is 17.2 Å². The number of hydrazine groups is 1. The van der Waals surface area contributed by atoms with Crippen molar-refractivity contribution in [2.75, 3.05) is 20.3 Å². The fourth-order valence-corrected chi connectivity index (χ4v) is 3.54. The number of amides is 1. The van der Waals surface area contributed by atoms with E-state index < -0.39 is 0 Å². The number of methoxy groups -OCH3 is 1. The molecule has 1 amide bonds. The van der Waals surface area contributed by atoms with E-state index in [1.807, 2.05) is 32.0 Å². The van der Waals surface area contributed by atoms with E-state index >= 15 is 0 Å². The summed E-state index contributed by atoms with van der Waals surface area (Å²) in [7, 11) is 1.60. The van der Waals surface area contributed by atoms with E-state index in [0.717, 1.165) is 11.3 Å². The number of carbonyl (C=O) groups is 1. The summed E-state index contributed by atoms with van der Waals surface area (Å²) >= 11 is 0. The van der Waals surface area contributed by atoms with E-state index in [4.69, 9.17) is 14.2 Å². The molecule has 1 saturated heterocycles. The molecule has 3 N–H and O–H groups in total. The van der Waals surface area contributed by atoms with Gasteiger partial charge in [-0.05, 0) is 62.7 Å². The van der Waals surface area contributed by atoms with Crippen LogP contribution in [0.4, 0.5) is 0 Å². The molecule has 1 aliphatic heterocycles. The second-order valence-electron chi connectivity index (χ2n) is 6.85. The topological polar surface area (TPSA) is 80.9 Å². The third-order valence-corrected chi connectivity index (χ3v) is 4.96. The van der Waals surface area contributed by atoms with Crippen molar-refractivity contribution in [1.82, 2.24) is 16.2 Å². The average Bonchev–Trinajstić information content (AvgIpc) is 3.09. The fraction of sp³-hybridized carbons (Fsp3) is 0.409. The number of hydrogen-bond acceptors (Lipinski definition) is 6. The fourth-order valence-electron chi connectivity index (χ4n) is 3.54. The van der Waals surface area contributed by atoms with Crippen LogP contribution >= 0.6 is 0 Å². The molecule has 2 aromatic carbocycles. The van der Waals surface area contributed by atoms with Gasteiger partial charge in [0.25, 0.3) is 5.91 Å².